The Kier molecular flexibility index (Phi) is 8.02. The molecule has 0 aromatic heterocycles. The van der Waals surface area contributed by atoms with E-state index in [0.717, 1.165) is 10.5 Å². The first kappa shape index (κ1) is 24.2. The summed E-state index contributed by atoms with van der Waals surface area (Å²) in [5.74, 6) is -1.26. The van der Waals surface area contributed by atoms with Gasteiger partial charge in [0.1, 0.15) is 12.6 Å². The Morgan fingerprint density at radius 1 is 0.909 bits per heavy atom. The third kappa shape index (κ3) is 6.30. The summed E-state index contributed by atoms with van der Waals surface area (Å²) in [5.41, 5.74) is 0.957. The van der Waals surface area contributed by atoms with Gasteiger partial charge in [-0.1, -0.05) is 44.2 Å². The second-order valence-electron chi connectivity index (χ2n) is 8.61. The number of carbonyl (C=O) groups is 5. The molecular weight excluding hydrogens is 426 g/mol. The van der Waals surface area contributed by atoms with Gasteiger partial charge in [-0.3, -0.25) is 24.1 Å². The van der Waals surface area contributed by atoms with E-state index in [-0.39, 0.29) is 48.9 Å². The number of benzene rings is 1. The molecule has 2 aliphatic heterocycles. The van der Waals surface area contributed by atoms with E-state index in [2.05, 4.69) is 10.6 Å². The Bertz CT molecular complexity index is 880. The molecule has 2 N–H and O–H groups in total. The van der Waals surface area contributed by atoms with Crippen molar-refractivity contribution in [1.29, 1.82) is 0 Å². The summed E-state index contributed by atoms with van der Waals surface area (Å²) in [6, 6.07) is 8.38. The first-order chi connectivity index (χ1) is 15.8. The number of amides is 6. The van der Waals surface area contributed by atoms with Crippen LogP contribution in [0.1, 0.15) is 32.3 Å². The maximum atomic E-state index is 13.1. The number of carbonyl (C=O) groups excluding carboxylic acids is 5. The van der Waals surface area contributed by atoms with E-state index in [4.69, 9.17) is 0 Å². The molecule has 33 heavy (non-hydrogen) atoms. The van der Waals surface area contributed by atoms with Crippen LogP contribution >= 0.6 is 0 Å². The molecule has 178 valence electrons. The van der Waals surface area contributed by atoms with Crippen LogP contribution < -0.4 is 10.6 Å². The van der Waals surface area contributed by atoms with Crippen molar-refractivity contribution in [2.45, 2.75) is 39.3 Å². The first-order valence-corrected chi connectivity index (χ1v) is 11.2. The largest absolute Gasteiger partial charge is 0.338 e. The molecule has 1 unspecified atom stereocenters. The molecule has 10 heteroatoms. The Balaban J connectivity index is 1.48. The molecule has 1 atom stereocenters. The lowest BCUT2D eigenvalue weighted by Crippen LogP contribution is -2.58. The van der Waals surface area contributed by atoms with E-state index >= 15 is 0 Å². The highest BCUT2D eigenvalue weighted by Gasteiger charge is 2.34. The van der Waals surface area contributed by atoms with Crippen LogP contribution in [-0.2, 0) is 25.7 Å². The predicted molar refractivity (Wildman–Crippen MR) is 120 cm³/mol. The lowest BCUT2D eigenvalue weighted by atomic mass is 10.0. The van der Waals surface area contributed by atoms with Crippen LogP contribution in [0.5, 0.6) is 0 Å². The molecule has 0 radical (unpaired) electrons. The van der Waals surface area contributed by atoms with Gasteiger partial charge in [0.2, 0.25) is 23.6 Å². The lowest BCUT2D eigenvalue weighted by molar-refractivity contribution is -0.147. The average molecular weight is 458 g/mol. The van der Waals surface area contributed by atoms with Crippen molar-refractivity contribution in [3.63, 3.8) is 0 Å². The van der Waals surface area contributed by atoms with Crippen molar-refractivity contribution in [3.05, 3.63) is 35.9 Å². The van der Waals surface area contributed by atoms with E-state index in [9.17, 15) is 24.0 Å². The Morgan fingerprint density at radius 2 is 1.48 bits per heavy atom. The van der Waals surface area contributed by atoms with Gasteiger partial charge in [0.15, 0.2) is 0 Å². The number of urea groups is 1. The Labute approximate surface area is 193 Å². The van der Waals surface area contributed by atoms with Crippen LogP contribution in [0.3, 0.4) is 0 Å². The van der Waals surface area contributed by atoms with Gasteiger partial charge in [0, 0.05) is 45.6 Å². The highest BCUT2D eigenvalue weighted by atomic mass is 16.2. The molecular formula is C23H31N5O5. The molecule has 2 fully saturated rings. The highest BCUT2D eigenvalue weighted by Crippen LogP contribution is 2.14. The minimum atomic E-state index is -0.692. The van der Waals surface area contributed by atoms with Crippen LogP contribution in [0.25, 0.3) is 0 Å². The van der Waals surface area contributed by atoms with Crippen molar-refractivity contribution in [2.75, 3.05) is 32.7 Å². The topological polar surface area (TPSA) is 119 Å². The van der Waals surface area contributed by atoms with Gasteiger partial charge in [-0.25, -0.2) is 4.79 Å². The van der Waals surface area contributed by atoms with E-state index in [1.54, 1.807) is 9.80 Å². The zero-order valence-corrected chi connectivity index (χ0v) is 19.1. The number of likely N-dealkylation sites (tertiary alicyclic amines) is 1. The van der Waals surface area contributed by atoms with Crippen molar-refractivity contribution in [1.82, 2.24) is 25.3 Å². The van der Waals surface area contributed by atoms with Gasteiger partial charge in [0.05, 0.1) is 0 Å². The minimum absolute atomic E-state index is 0.119. The fraction of sp³-hybridized carbons (Fsp3) is 0.522. The van der Waals surface area contributed by atoms with Crippen molar-refractivity contribution in [2.24, 2.45) is 5.92 Å². The van der Waals surface area contributed by atoms with Crippen molar-refractivity contribution in [3.8, 4) is 0 Å². The van der Waals surface area contributed by atoms with Crippen LogP contribution in [0.15, 0.2) is 30.3 Å². The number of piperazine rings is 1. The molecule has 3 rings (SSSR count). The smallest absolute Gasteiger partial charge is 0.315 e. The average Bonchev–Trinajstić information content (AvgIpc) is 3.13. The molecule has 6 amide bonds. The van der Waals surface area contributed by atoms with Gasteiger partial charge < -0.3 is 20.4 Å². The number of rotatable bonds is 7. The fourth-order valence-corrected chi connectivity index (χ4v) is 3.89. The third-order valence-electron chi connectivity index (χ3n) is 5.91. The molecule has 0 saturated carbocycles. The maximum absolute atomic E-state index is 13.1. The summed E-state index contributed by atoms with van der Waals surface area (Å²) >= 11 is 0. The van der Waals surface area contributed by atoms with E-state index in [0.29, 0.717) is 32.7 Å². The number of nitrogens with one attached hydrogen (secondary N) is 2. The molecule has 0 aliphatic carbocycles. The van der Waals surface area contributed by atoms with Crippen LogP contribution in [0.4, 0.5) is 4.79 Å². The van der Waals surface area contributed by atoms with Gasteiger partial charge in [-0.15, -0.1) is 0 Å². The van der Waals surface area contributed by atoms with Crippen LogP contribution in [0, 0.1) is 5.92 Å². The summed E-state index contributed by atoms with van der Waals surface area (Å²) in [7, 11) is 0. The van der Waals surface area contributed by atoms with E-state index in [1.165, 1.54) is 0 Å². The molecule has 2 saturated heterocycles. The van der Waals surface area contributed by atoms with Crippen LogP contribution in [-0.4, -0.2) is 83.1 Å². The van der Waals surface area contributed by atoms with Gasteiger partial charge >= 0.3 is 6.03 Å². The molecule has 0 bridgehead atoms. The van der Waals surface area contributed by atoms with E-state index in [1.807, 2.05) is 44.2 Å². The maximum Gasteiger partial charge on any atom is 0.315 e. The number of hydrogen-bond acceptors (Lipinski definition) is 5. The summed E-state index contributed by atoms with van der Waals surface area (Å²) in [4.78, 5) is 65.6. The SMILES string of the molecule is CC(C)C(NC(=O)NCc1ccccc1)C(=O)N1CCN(C(=O)CN2C(=O)CCC2=O)CC1. The fourth-order valence-electron chi connectivity index (χ4n) is 3.89. The standard InChI is InChI=1S/C23H31N5O5/c1-16(2)21(25-23(33)24-14-17-6-4-3-5-7-17)22(32)27-12-10-26(11-13-27)20(31)15-28-18(29)8-9-19(28)30/h3-7,16,21H,8-15H2,1-2H3,(H2,24,25,33). The summed E-state index contributed by atoms with van der Waals surface area (Å²) < 4.78 is 0. The second kappa shape index (κ2) is 10.9. The first-order valence-electron chi connectivity index (χ1n) is 11.2. The summed E-state index contributed by atoms with van der Waals surface area (Å²) in [6.07, 6.45) is 0.299. The highest BCUT2D eigenvalue weighted by molar-refractivity contribution is 6.04. The van der Waals surface area contributed by atoms with Crippen molar-refractivity contribution >= 4 is 29.7 Å². The zero-order valence-electron chi connectivity index (χ0n) is 19.1. The molecule has 10 nitrogen and oxygen atoms in total. The Hall–Kier alpha value is -3.43. The molecule has 1 aromatic carbocycles. The summed E-state index contributed by atoms with van der Waals surface area (Å²) in [6.45, 7) is 5.11. The van der Waals surface area contributed by atoms with E-state index < -0.39 is 12.1 Å². The lowest BCUT2D eigenvalue weighted by Gasteiger charge is -2.37. The molecule has 1 aromatic rings. The quantitative estimate of drug-likeness (QED) is 0.572. The zero-order chi connectivity index (χ0) is 24.0. The predicted octanol–water partition coefficient (Wildman–Crippen LogP) is 0.330. The summed E-state index contributed by atoms with van der Waals surface area (Å²) in [5, 5.41) is 5.54. The van der Waals surface area contributed by atoms with Gasteiger partial charge in [-0.2, -0.15) is 0 Å². The number of imide groups is 1. The molecule has 2 aliphatic rings. The number of nitrogens with zero attached hydrogens (tertiary/aromatic N) is 3. The molecule has 0 spiro atoms. The van der Waals surface area contributed by atoms with Gasteiger partial charge in [0.25, 0.3) is 0 Å². The monoisotopic (exact) mass is 457 g/mol. The van der Waals surface area contributed by atoms with Crippen molar-refractivity contribution < 1.29 is 24.0 Å². The third-order valence-corrected chi connectivity index (χ3v) is 5.91. The Morgan fingerprint density at radius 3 is 2.06 bits per heavy atom. The second-order valence-corrected chi connectivity index (χ2v) is 8.61. The van der Waals surface area contributed by atoms with Gasteiger partial charge in [-0.05, 0) is 11.5 Å². The normalized spacial score (nSPS) is 17.4. The van der Waals surface area contributed by atoms with Crippen LogP contribution in [0.2, 0.25) is 0 Å². The number of hydrogen-bond donors (Lipinski definition) is 2. The minimum Gasteiger partial charge on any atom is -0.338 e. The molecule has 2 heterocycles.